The first-order valence-corrected chi connectivity index (χ1v) is 9.10. The van der Waals surface area contributed by atoms with Gasteiger partial charge < -0.3 is 4.74 Å². The second kappa shape index (κ2) is 7.15. The summed E-state index contributed by atoms with van der Waals surface area (Å²) < 4.78 is 32.1. The Labute approximate surface area is 142 Å². The Morgan fingerprint density at radius 2 is 1.54 bits per heavy atom. The number of carbonyl (C=O) groups is 1. The van der Waals surface area contributed by atoms with Crippen molar-refractivity contribution in [2.45, 2.75) is 38.6 Å². The number of esters is 1. The fourth-order valence-corrected chi connectivity index (χ4v) is 3.51. The van der Waals surface area contributed by atoms with Crippen molar-refractivity contribution in [1.82, 2.24) is 4.72 Å². The van der Waals surface area contributed by atoms with Crippen LogP contribution in [0.15, 0.2) is 47.4 Å². The van der Waals surface area contributed by atoms with Crippen LogP contribution in [0.3, 0.4) is 0 Å². The van der Waals surface area contributed by atoms with Crippen LogP contribution in [0.5, 0.6) is 5.75 Å². The van der Waals surface area contributed by atoms with Gasteiger partial charge >= 0.3 is 5.97 Å². The maximum absolute atomic E-state index is 12.3. The highest BCUT2D eigenvalue weighted by Crippen LogP contribution is 2.23. The third kappa shape index (κ3) is 4.21. The summed E-state index contributed by atoms with van der Waals surface area (Å²) in [4.78, 5) is 12.4. The van der Waals surface area contributed by atoms with Gasteiger partial charge in [-0.2, -0.15) is 0 Å². The van der Waals surface area contributed by atoms with Crippen molar-refractivity contribution >= 4 is 16.0 Å². The summed E-state index contributed by atoms with van der Waals surface area (Å²) in [5.74, 6) is 0.00818. The van der Waals surface area contributed by atoms with Gasteiger partial charge in [0.1, 0.15) is 5.75 Å². The Hall–Kier alpha value is -2.18. The van der Waals surface area contributed by atoms with Gasteiger partial charge in [0, 0.05) is 6.04 Å². The zero-order valence-electron chi connectivity index (χ0n) is 14.2. The van der Waals surface area contributed by atoms with Crippen molar-refractivity contribution < 1.29 is 17.9 Å². The smallest absolute Gasteiger partial charge is 0.343 e. The van der Waals surface area contributed by atoms with E-state index in [1.54, 1.807) is 13.8 Å². The number of nitrogens with one attached hydrogen (secondary N) is 1. The van der Waals surface area contributed by atoms with Gasteiger partial charge in [-0.3, -0.25) is 0 Å². The van der Waals surface area contributed by atoms with Crippen LogP contribution in [0.4, 0.5) is 0 Å². The molecule has 2 aromatic carbocycles. The average Bonchev–Trinajstić information content (AvgIpc) is 2.50. The molecule has 0 fully saturated rings. The first-order chi connectivity index (χ1) is 11.2. The first kappa shape index (κ1) is 18.2. The van der Waals surface area contributed by atoms with Gasteiger partial charge in [-0.25, -0.2) is 17.9 Å². The molecular weight excluding hydrogens is 326 g/mol. The fraction of sp³-hybridized carbons (Fsp3) is 0.278. The molecule has 0 amide bonds. The maximum Gasteiger partial charge on any atom is 0.343 e. The summed E-state index contributed by atoms with van der Waals surface area (Å²) >= 11 is 0. The van der Waals surface area contributed by atoms with Gasteiger partial charge in [-0.15, -0.1) is 0 Å². The van der Waals surface area contributed by atoms with Crippen LogP contribution >= 0.6 is 0 Å². The SMILES string of the molecule is Cc1cccc(C)c1OC(=O)c1ccc(S(=O)(=O)NC(C)C)cc1. The molecule has 5 nitrogen and oxygen atoms in total. The molecule has 0 spiro atoms. The number of carbonyl (C=O) groups excluding carboxylic acids is 1. The molecule has 24 heavy (non-hydrogen) atoms. The third-order valence-corrected chi connectivity index (χ3v) is 5.07. The van der Waals surface area contributed by atoms with E-state index in [-0.39, 0.29) is 10.9 Å². The quantitative estimate of drug-likeness (QED) is 0.666. The lowest BCUT2D eigenvalue weighted by atomic mass is 10.1. The van der Waals surface area contributed by atoms with E-state index < -0.39 is 16.0 Å². The molecule has 0 saturated carbocycles. The predicted octanol–water partition coefficient (Wildman–Crippen LogP) is 3.21. The summed E-state index contributed by atoms with van der Waals surface area (Å²) in [7, 11) is -3.58. The van der Waals surface area contributed by atoms with Crippen LogP contribution in [0.2, 0.25) is 0 Å². The zero-order chi connectivity index (χ0) is 17.9. The number of benzene rings is 2. The monoisotopic (exact) mass is 347 g/mol. The minimum absolute atomic E-state index is 0.111. The molecule has 2 aromatic rings. The van der Waals surface area contributed by atoms with Crippen molar-refractivity contribution in [3.8, 4) is 5.75 Å². The van der Waals surface area contributed by atoms with E-state index >= 15 is 0 Å². The number of aryl methyl sites for hydroxylation is 2. The van der Waals surface area contributed by atoms with E-state index in [4.69, 9.17) is 4.74 Å². The average molecular weight is 347 g/mol. The molecule has 0 aromatic heterocycles. The van der Waals surface area contributed by atoms with Crippen molar-refractivity contribution in [3.63, 3.8) is 0 Å². The number of ether oxygens (including phenoxy) is 1. The van der Waals surface area contributed by atoms with E-state index in [9.17, 15) is 13.2 Å². The molecule has 0 saturated heterocycles. The van der Waals surface area contributed by atoms with E-state index in [1.807, 2.05) is 32.0 Å². The van der Waals surface area contributed by atoms with E-state index in [2.05, 4.69) is 4.72 Å². The van der Waals surface area contributed by atoms with E-state index in [1.165, 1.54) is 24.3 Å². The third-order valence-electron chi connectivity index (χ3n) is 3.39. The second-order valence-electron chi connectivity index (χ2n) is 5.91. The molecule has 2 rings (SSSR count). The van der Waals surface area contributed by atoms with Crippen LogP contribution in [-0.2, 0) is 10.0 Å². The Bertz CT molecular complexity index is 820. The van der Waals surface area contributed by atoms with Crippen molar-refractivity contribution in [2.75, 3.05) is 0 Å². The maximum atomic E-state index is 12.3. The number of sulfonamides is 1. The highest BCUT2D eigenvalue weighted by atomic mass is 32.2. The van der Waals surface area contributed by atoms with Gasteiger partial charge in [0.05, 0.1) is 10.5 Å². The van der Waals surface area contributed by atoms with Crippen molar-refractivity contribution in [2.24, 2.45) is 0 Å². The van der Waals surface area contributed by atoms with E-state index in [0.29, 0.717) is 11.3 Å². The molecule has 6 heteroatoms. The second-order valence-corrected chi connectivity index (χ2v) is 7.62. The standard InChI is InChI=1S/C18H21NO4S/c1-12(2)19-24(21,22)16-10-8-15(9-11-16)18(20)23-17-13(3)6-5-7-14(17)4/h5-12,19H,1-4H3. The Balaban J connectivity index is 2.20. The van der Waals surface area contributed by atoms with Crippen LogP contribution in [0.1, 0.15) is 35.3 Å². The topological polar surface area (TPSA) is 72.5 Å². The van der Waals surface area contributed by atoms with Crippen LogP contribution in [-0.4, -0.2) is 20.4 Å². The summed E-state index contributed by atoms with van der Waals surface area (Å²) in [5.41, 5.74) is 2.02. The first-order valence-electron chi connectivity index (χ1n) is 7.61. The molecule has 0 radical (unpaired) electrons. The van der Waals surface area contributed by atoms with Crippen LogP contribution < -0.4 is 9.46 Å². The largest absolute Gasteiger partial charge is 0.422 e. The Morgan fingerprint density at radius 1 is 1.00 bits per heavy atom. The molecule has 0 bridgehead atoms. The molecule has 128 valence electrons. The van der Waals surface area contributed by atoms with Gasteiger partial charge in [-0.05, 0) is 63.1 Å². The lowest BCUT2D eigenvalue weighted by Gasteiger charge is -2.11. The number of hydrogen-bond acceptors (Lipinski definition) is 4. The highest BCUT2D eigenvalue weighted by molar-refractivity contribution is 7.89. The molecule has 0 aliphatic heterocycles. The van der Waals surface area contributed by atoms with Crippen LogP contribution in [0, 0.1) is 13.8 Å². The summed E-state index contributed by atoms with van der Waals surface area (Å²) in [5, 5.41) is 0. The molecule has 0 unspecified atom stereocenters. The van der Waals surface area contributed by atoms with Gasteiger partial charge in [0.15, 0.2) is 0 Å². The Morgan fingerprint density at radius 3 is 2.04 bits per heavy atom. The summed E-state index contributed by atoms with van der Waals surface area (Å²) in [6, 6.07) is 11.1. The van der Waals surface area contributed by atoms with Gasteiger partial charge in [0.25, 0.3) is 0 Å². The molecule has 0 aliphatic rings. The molecule has 0 atom stereocenters. The highest BCUT2D eigenvalue weighted by Gasteiger charge is 2.17. The minimum Gasteiger partial charge on any atom is -0.422 e. The zero-order valence-corrected chi connectivity index (χ0v) is 15.0. The molecule has 0 heterocycles. The predicted molar refractivity (Wildman–Crippen MR) is 92.8 cm³/mol. The number of para-hydroxylation sites is 1. The molecule has 1 N–H and O–H groups in total. The normalized spacial score (nSPS) is 11.5. The summed E-state index contributed by atoms with van der Waals surface area (Å²) in [6.07, 6.45) is 0. The minimum atomic E-state index is -3.58. The number of rotatable bonds is 5. The van der Waals surface area contributed by atoms with Gasteiger partial charge in [0.2, 0.25) is 10.0 Å². The van der Waals surface area contributed by atoms with E-state index in [0.717, 1.165) is 11.1 Å². The van der Waals surface area contributed by atoms with Crippen molar-refractivity contribution in [3.05, 3.63) is 59.2 Å². The molecule has 0 aliphatic carbocycles. The van der Waals surface area contributed by atoms with Gasteiger partial charge in [-0.1, -0.05) is 18.2 Å². The Kier molecular flexibility index (Phi) is 5.41. The fourth-order valence-electron chi connectivity index (χ4n) is 2.26. The summed E-state index contributed by atoms with van der Waals surface area (Å²) in [6.45, 7) is 7.22. The molecular formula is C18H21NO4S. The van der Waals surface area contributed by atoms with Crippen molar-refractivity contribution in [1.29, 1.82) is 0 Å². The lowest BCUT2D eigenvalue weighted by Crippen LogP contribution is -2.30. The number of hydrogen-bond donors (Lipinski definition) is 1. The lowest BCUT2D eigenvalue weighted by molar-refractivity contribution is 0.0732. The van der Waals surface area contributed by atoms with Crippen LogP contribution in [0.25, 0.3) is 0 Å².